The largest absolute Gasteiger partial charge is 0.310 e. The van der Waals surface area contributed by atoms with Gasteiger partial charge >= 0.3 is 0 Å². The maximum atomic E-state index is 6.25. The number of hydrogen-bond donors (Lipinski definition) is 1. The lowest BCUT2D eigenvalue weighted by Gasteiger charge is -2.18. The van der Waals surface area contributed by atoms with E-state index in [4.69, 9.17) is 11.6 Å². The zero-order valence-corrected chi connectivity index (χ0v) is 12.7. The van der Waals surface area contributed by atoms with E-state index in [2.05, 4.69) is 38.2 Å². The van der Waals surface area contributed by atoms with Crippen LogP contribution in [0.5, 0.6) is 0 Å². The molecular weight excluding hydrogens is 242 g/mol. The summed E-state index contributed by atoms with van der Waals surface area (Å²) in [5.74, 6) is 0. The summed E-state index contributed by atoms with van der Waals surface area (Å²) in [7, 11) is 0. The van der Waals surface area contributed by atoms with Crippen molar-refractivity contribution >= 4 is 11.6 Å². The summed E-state index contributed by atoms with van der Waals surface area (Å²) in [5.41, 5.74) is 2.43. The van der Waals surface area contributed by atoms with Gasteiger partial charge in [-0.05, 0) is 37.0 Å². The predicted molar refractivity (Wildman–Crippen MR) is 81.2 cm³/mol. The molecule has 0 fully saturated rings. The fraction of sp³-hybridized carbons (Fsp3) is 0.625. The highest BCUT2D eigenvalue weighted by atomic mass is 35.5. The molecule has 102 valence electrons. The first kappa shape index (κ1) is 15.5. The van der Waals surface area contributed by atoms with E-state index in [-0.39, 0.29) is 0 Å². The van der Waals surface area contributed by atoms with Gasteiger partial charge in [0.1, 0.15) is 0 Å². The van der Waals surface area contributed by atoms with E-state index in [1.54, 1.807) is 0 Å². The Hall–Kier alpha value is -0.530. The second-order valence-corrected chi connectivity index (χ2v) is 5.51. The molecule has 0 heterocycles. The molecule has 0 aliphatic carbocycles. The van der Waals surface area contributed by atoms with Gasteiger partial charge < -0.3 is 5.32 Å². The monoisotopic (exact) mass is 267 g/mol. The van der Waals surface area contributed by atoms with E-state index >= 15 is 0 Å². The average molecular weight is 268 g/mol. The van der Waals surface area contributed by atoms with Gasteiger partial charge in [-0.15, -0.1) is 0 Å². The van der Waals surface area contributed by atoms with Gasteiger partial charge in [-0.1, -0.05) is 56.8 Å². The number of unbranched alkanes of at least 4 members (excludes halogenated alkanes) is 1. The summed E-state index contributed by atoms with van der Waals surface area (Å²) in [6.07, 6.45) is 6.34. The smallest absolute Gasteiger partial charge is 0.0453 e. The van der Waals surface area contributed by atoms with Crippen LogP contribution in [0.3, 0.4) is 0 Å². The maximum absolute atomic E-state index is 6.25. The standard InChI is InChI=1S/C16H26ClN/c1-4-6-8-15(7-5-2)18-12-14-10-9-13(3)11-16(14)17/h9-11,15,18H,4-8,12H2,1-3H3. The fourth-order valence-electron chi connectivity index (χ4n) is 2.20. The number of hydrogen-bond acceptors (Lipinski definition) is 1. The predicted octanol–water partition coefficient (Wildman–Crippen LogP) is 5.10. The van der Waals surface area contributed by atoms with Crippen LogP contribution in [0.15, 0.2) is 18.2 Å². The molecule has 0 amide bonds. The minimum absolute atomic E-state index is 0.632. The second-order valence-electron chi connectivity index (χ2n) is 5.10. The first-order chi connectivity index (χ1) is 8.67. The van der Waals surface area contributed by atoms with E-state index in [0.29, 0.717) is 6.04 Å². The molecule has 2 heteroatoms. The topological polar surface area (TPSA) is 12.0 Å². The van der Waals surface area contributed by atoms with E-state index < -0.39 is 0 Å². The van der Waals surface area contributed by atoms with Crippen LogP contribution >= 0.6 is 11.6 Å². The molecule has 1 aromatic rings. The van der Waals surface area contributed by atoms with Gasteiger partial charge in [0.2, 0.25) is 0 Å². The third-order valence-corrected chi connectivity index (χ3v) is 3.68. The van der Waals surface area contributed by atoms with Gasteiger partial charge in [0.05, 0.1) is 0 Å². The number of benzene rings is 1. The zero-order valence-electron chi connectivity index (χ0n) is 11.9. The molecule has 0 bridgehead atoms. The Balaban J connectivity index is 2.49. The summed E-state index contributed by atoms with van der Waals surface area (Å²) in [6.45, 7) is 7.46. The van der Waals surface area contributed by atoms with Crippen LogP contribution in [0.2, 0.25) is 5.02 Å². The molecule has 1 unspecified atom stereocenters. The van der Waals surface area contributed by atoms with E-state index in [1.807, 2.05) is 6.07 Å². The molecule has 1 aromatic carbocycles. The van der Waals surface area contributed by atoms with Crippen molar-refractivity contribution in [2.75, 3.05) is 0 Å². The van der Waals surface area contributed by atoms with Crippen LogP contribution in [-0.2, 0) is 6.54 Å². The maximum Gasteiger partial charge on any atom is 0.0453 e. The zero-order chi connectivity index (χ0) is 13.4. The first-order valence-electron chi connectivity index (χ1n) is 7.15. The molecule has 0 radical (unpaired) electrons. The normalized spacial score (nSPS) is 12.7. The molecule has 0 aromatic heterocycles. The van der Waals surface area contributed by atoms with Crippen LogP contribution in [-0.4, -0.2) is 6.04 Å². The molecule has 0 aliphatic rings. The summed E-state index contributed by atoms with van der Waals surface area (Å²) < 4.78 is 0. The molecular formula is C16H26ClN. The minimum Gasteiger partial charge on any atom is -0.310 e. The lowest BCUT2D eigenvalue weighted by atomic mass is 10.0. The van der Waals surface area contributed by atoms with E-state index in [1.165, 1.54) is 43.2 Å². The fourth-order valence-corrected chi connectivity index (χ4v) is 2.50. The molecule has 1 rings (SSSR count). The van der Waals surface area contributed by atoms with Crippen molar-refractivity contribution in [2.24, 2.45) is 0 Å². The van der Waals surface area contributed by atoms with Crippen LogP contribution in [0.1, 0.15) is 57.1 Å². The van der Waals surface area contributed by atoms with Gasteiger partial charge in [0, 0.05) is 17.6 Å². The molecule has 18 heavy (non-hydrogen) atoms. The van der Waals surface area contributed by atoms with Crippen molar-refractivity contribution in [1.82, 2.24) is 5.32 Å². The Labute approximate surface area is 117 Å². The summed E-state index contributed by atoms with van der Waals surface area (Å²) in [5, 5.41) is 4.53. The Bertz CT molecular complexity index is 349. The van der Waals surface area contributed by atoms with Crippen LogP contribution in [0.25, 0.3) is 0 Å². The Morgan fingerprint density at radius 1 is 1.17 bits per heavy atom. The first-order valence-corrected chi connectivity index (χ1v) is 7.53. The van der Waals surface area contributed by atoms with Gasteiger partial charge in [0.25, 0.3) is 0 Å². The Morgan fingerprint density at radius 3 is 2.56 bits per heavy atom. The Kier molecular flexibility index (Phi) is 7.38. The summed E-state index contributed by atoms with van der Waals surface area (Å²) >= 11 is 6.25. The molecule has 0 aliphatic heterocycles. The summed E-state index contributed by atoms with van der Waals surface area (Å²) in [6, 6.07) is 6.93. The third kappa shape index (κ3) is 5.41. The SMILES string of the molecule is CCCCC(CCC)NCc1ccc(C)cc1Cl. The van der Waals surface area contributed by atoms with Crippen molar-refractivity contribution in [3.63, 3.8) is 0 Å². The average Bonchev–Trinajstić information content (AvgIpc) is 2.34. The molecule has 1 nitrogen and oxygen atoms in total. The van der Waals surface area contributed by atoms with Crippen LogP contribution in [0, 0.1) is 6.92 Å². The molecule has 0 saturated carbocycles. The number of halogens is 1. The summed E-state index contributed by atoms with van der Waals surface area (Å²) in [4.78, 5) is 0. The third-order valence-electron chi connectivity index (χ3n) is 3.33. The van der Waals surface area contributed by atoms with Gasteiger partial charge in [-0.25, -0.2) is 0 Å². The van der Waals surface area contributed by atoms with Crippen molar-refractivity contribution in [2.45, 2.75) is 65.5 Å². The van der Waals surface area contributed by atoms with E-state index in [9.17, 15) is 0 Å². The highest BCUT2D eigenvalue weighted by molar-refractivity contribution is 6.31. The second kappa shape index (κ2) is 8.55. The Morgan fingerprint density at radius 2 is 1.94 bits per heavy atom. The van der Waals surface area contributed by atoms with Gasteiger partial charge in [0.15, 0.2) is 0 Å². The van der Waals surface area contributed by atoms with Crippen molar-refractivity contribution < 1.29 is 0 Å². The molecule has 1 N–H and O–H groups in total. The highest BCUT2D eigenvalue weighted by Gasteiger charge is 2.07. The van der Waals surface area contributed by atoms with Crippen molar-refractivity contribution in [1.29, 1.82) is 0 Å². The van der Waals surface area contributed by atoms with Gasteiger partial charge in [-0.3, -0.25) is 0 Å². The lowest BCUT2D eigenvalue weighted by molar-refractivity contribution is 0.434. The van der Waals surface area contributed by atoms with Crippen molar-refractivity contribution in [3.05, 3.63) is 34.3 Å². The molecule has 1 atom stereocenters. The minimum atomic E-state index is 0.632. The highest BCUT2D eigenvalue weighted by Crippen LogP contribution is 2.18. The van der Waals surface area contributed by atoms with Crippen LogP contribution < -0.4 is 5.32 Å². The lowest BCUT2D eigenvalue weighted by Crippen LogP contribution is -2.28. The number of nitrogens with one attached hydrogen (secondary N) is 1. The quantitative estimate of drug-likeness (QED) is 0.691. The van der Waals surface area contributed by atoms with Crippen molar-refractivity contribution in [3.8, 4) is 0 Å². The van der Waals surface area contributed by atoms with Gasteiger partial charge in [-0.2, -0.15) is 0 Å². The number of aryl methyl sites for hydroxylation is 1. The van der Waals surface area contributed by atoms with E-state index in [0.717, 1.165) is 11.6 Å². The molecule has 0 saturated heterocycles. The van der Waals surface area contributed by atoms with Crippen LogP contribution in [0.4, 0.5) is 0 Å². The number of rotatable bonds is 8. The molecule has 0 spiro atoms.